The van der Waals surface area contributed by atoms with E-state index >= 15 is 0 Å². The van der Waals surface area contributed by atoms with E-state index in [1.54, 1.807) is 6.07 Å². The van der Waals surface area contributed by atoms with Crippen LogP contribution in [0.25, 0.3) is 0 Å². The first-order chi connectivity index (χ1) is 8.81. The van der Waals surface area contributed by atoms with Gasteiger partial charge in [0.15, 0.2) is 4.67 Å². The number of carbonyl (C=O) groups is 1. The van der Waals surface area contributed by atoms with Gasteiger partial charge in [0.05, 0.1) is 17.4 Å². The van der Waals surface area contributed by atoms with Gasteiger partial charge in [0.25, 0.3) is 5.91 Å². The van der Waals surface area contributed by atoms with E-state index in [0.29, 0.717) is 16.7 Å². The van der Waals surface area contributed by atoms with Gasteiger partial charge >= 0.3 is 0 Å². The normalized spacial score (nSPS) is 26.1. The standard InChI is InChI=1S/C14H20BrNO3/c1-13(2)5-3-6-14(18,8-13)9-16-12(17)10-4-7-19-11(10)15/h4,7,18H,3,5-6,8-9H2,1-2H3,(H,16,17)/t14-/m1/s1. The van der Waals surface area contributed by atoms with Crippen molar-refractivity contribution < 1.29 is 14.3 Å². The number of nitrogens with one attached hydrogen (secondary N) is 1. The van der Waals surface area contributed by atoms with Crippen molar-refractivity contribution in [2.75, 3.05) is 6.54 Å². The first-order valence-corrected chi connectivity index (χ1v) is 7.34. The maximum absolute atomic E-state index is 12.0. The Hall–Kier alpha value is -0.810. The van der Waals surface area contributed by atoms with Gasteiger partial charge in [0, 0.05) is 6.54 Å². The van der Waals surface area contributed by atoms with Gasteiger partial charge in [0.1, 0.15) is 0 Å². The molecule has 19 heavy (non-hydrogen) atoms. The summed E-state index contributed by atoms with van der Waals surface area (Å²) >= 11 is 3.17. The highest BCUT2D eigenvalue weighted by Gasteiger charge is 2.38. The number of hydrogen-bond donors (Lipinski definition) is 2. The SMILES string of the molecule is CC1(C)CCC[C@](O)(CNC(=O)c2ccoc2Br)C1. The molecule has 2 rings (SSSR count). The van der Waals surface area contributed by atoms with Crippen molar-refractivity contribution in [2.24, 2.45) is 5.41 Å². The highest BCUT2D eigenvalue weighted by Crippen LogP contribution is 2.40. The Labute approximate surface area is 121 Å². The molecule has 1 aliphatic rings. The zero-order valence-electron chi connectivity index (χ0n) is 11.3. The van der Waals surface area contributed by atoms with Crippen LogP contribution in [0.3, 0.4) is 0 Å². The van der Waals surface area contributed by atoms with E-state index in [9.17, 15) is 9.90 Å². The zero-order valence-corrected chi connectivity index (χ0v) is 12.9. The van der Waals surface area contributed by atoms with Gasteiger partial charge in [-0.05, 0) is 53.1 Å². The lowest BCUT2D eigenvalue weighted by molar-refractivity contribution is -0.0361. The number of amides is 1. The van der Waals surface area contributed by atoms with Gasteiger partial charge in [-0.1, -0.05) is 13.8 Å². The summed E-state index contributed by atoms with van der Waals surface area (Å²) in [6.45, 7) is 4.60. The molecule has 4 nitrogen and oxygen atoms in total. The molecule has 106 valence electrons. The van der Waals surface area contributed by atoms with E-state index in [2.05, 4.69) is 35.1 Å². The maximum atomic E-state index is 12.0. The molecule has 1 fully saturated rings. The topological polar surface area (TPSA) is 62.5 Å². The van der Waals surface area contributed by atoms with Crippen LogP contribution in [0.15, 0.2) is 21.4 Å². The van der Waals surface area contributed by atoms with Gasteiger partial charge in [-0.3, -0.25) is 4.79 Å². The maximum Gasteiger partial charge on any atom is 0.255 e. The Kier molecular flexibility index (Phi) is 4.06. The molecule has 1 aliphatic carbocycles. The molecule has 0 aromatic carbocycles. The second kappa shape index (κ2) is 5.29. The second-order valence-electron chi connectivity index (χ2n) is 6.21. The third-order valence-corrected chi connectivity index (χ3v) is 4.36. The molecule has 0 bridgehead atoms. The molecule has 0 aliphatic heterocycles. The molecule has 1 aromatic rings. The molecule has 2 N–H and O–H groups in total. The third kappa shape index (κ3) is 3.60. The fourth-order valence-corrected chi connectivity index (χ4v) is 3.33. The molecule has 0 spiro atoms. The number of halogens is 1. The van der Waals surface area contributed by atoms with Crippen LogP contribution in [0.5, 0.6) is 0 Å². The fourth-order valence-electron chi connectivity index (χ4n) is 2.91. The summed E-state index contributed by atoms with van der Waals surface area (Å²) < 4.78 is 5.45. The highest BCUT2D eigenvalue weighted by atomic mass is 79.9. The Morgan fingerprint density at radius 3 is 2.84 bits per heavy atom. The average molecular weight is 330 g/mol. The van der Waals surface area contributed by atoms with E-state index in [-0.39, 0.29) is 17.9 Å². The lowest BCUT2D eigenvalue weighted by Gasteiger charge is -2.41. The number of hydrogen-bond acceptors (Lipinski definition) is 3. The van der Waals surface area contributed by atoms with E-state index in [1.165, 1.54) is 6.26 Å². The van der Waals surface area contributed by atoms with Gasteiger partial charge < -0.3 is 14.8 Å². The Bertz CT molecular complexity index is 469. The van der Waals surface area contributed by atoms with Gasteiger partial charge in [-0.15, -0.1) is 0 Å². The molecule has 0 saturated heterocycles. The molecular weight excluding hydrogens is 310 g/mol. The lowest BCUT2D eigenvalue weighted by Crippen LogP contribution is -2.48. The predicted molar refractivity (Wildman–Crippen MR) is 75.9 cm³/mol. The first-order valence-electron chi connectivity index (χ1n) is 6.55. The number of rotatable bonds is 3. The summed E-state index contributed by atoms with van der Waals surface area (Å²) in [7, 11) is 0. The summed E-state index contributed by atoms with van der Waals surface area (Å²) in [6.07, 6.45) is 5.03. The Morgan fingerprint density at radius 2 is 2.26 bits per heavy atom. The summed E-state index contributed by atoms with van der Waals surface area (Å²) in [5, 5.41) is 13.4. The summed E-state index contributed by atoms with van der Waals surface area (Å²) in [4.78, 5) is 12.0. The van der Waals surface area contributed by atoms with Crippen LogP contribution < -0.4 is 5.32 Å². The Balaban J connectivity index is 1.95. The molecule has 1 heterocycles. The zero-order chi connectivity index (χ0) is 14.1. The van der Waals surface area contributed by atoms with E-state index in [4.69, 9.17) is 4.42 Å². The smallest absolute Gasteiger partial charge is 0.255 e. The Morgan fingerprint density at radius 1 is 1.53 bits per heavy atom. The minimum Gasteiger partial charge on any atom is -0.457 e. The largest absolute Gasteiger partial charge is 0.457 e. The van der Waals surface area contributed by atoms with Crippen LogP contribution in [-0.4, -0.2) is 23.2 Å². The monoisotopic (exact) mass is 329 g/mol. The molecule has 0 unspecified atom stereocenters. The molecule has 0 radical (unpaired) electrons. The summed E-state index contributed by atoms with van der Waals surface area (Å²) in [6, 6.07) is 1.61. The van der Waals surface area contributed by atoms with Crippen LogP contribution in [-0.2, 0) is 0 Å². The lowest BCUT2D eigenvalue weighted by atomic mass is 9.70. The van der Waals surface area contributed by atoms with Gasteiger partial charge in [-0.2, -0.15) is 0 Å². The van der Waals surface area contributed by atoms with Crippen molar-refractivity contribution in [3.8, 4) is 0 Å². The van der Waals surface area contributed by atoms with Crippen molar-refractivity contribution in [1.82, 2.24) is 5.32 Å². The molecule has 1 atom stereocenters. The second-order valence-corrected chi connectivity index (χ2v) is 6.93. The van der Waals surface area contributed by atoms with Crippen molar-refractivity contribution in [2.45, 2.75) is 45.1 Å². The number of aliphatic hydroxyl groups is 1. The van der Waals surface area contributed by atoms with Crippen LogP contribution in [0.1, 0.15) is 49.9 Å². The van der Waals surface area contributed by atoms with Crippen LogP contribution >= 0.6 is 15.9 Å². The molecule has 1 aromatic heterocycles. The number of carbonyl (C=O) groups excluding carboxylic acids is 1. The van der Waals surface area contributed by atoms with Gasteiger partial charge in [0.2, 0.25) is 0 Å². The highest BCUT2D eigenvalue weighted by molar-refractivity contribution is 9.10. The van der Waals surface area contributed by atoms with Crippen LogP contribution in [0, 0.1) is 5.41 Å². The van der Waals surface area contributed by atoms with Crippen molar-refractivity contribution in [1.29, 1.82) is 0 Å². The van der Waals surface area contributed by atoms with Crippen molar-refractivity contribution in [3.05, 3.63) is 22.6 Å². The van der Waals surface area contributed by atoms with E-state index in [1.807, 2.05) is 0 Å². The fraction of sp³-hybridized carbons (Fsp3) is 0.643. The predicted octanol–water partition coefficient (Wildman–Crippen LogP) is 3.10. The van der Waals surface area contributed by atoms with Crippen LogP contribution in [0.4, 0.5) is 0 Å². The van der Waals surface area contributed by atoms with Crippen molar-refractivity contribution in [3.63, 3.8) is 0 Å². The minimum atomic E-state index is -0.798. The summed E-state index contributed by atoms with van der Waals surface area (Å²) in [5.41, 5.74) is -0.208. The van der Waals surface area contributed by atoms with Crippen molar-refractivity contribution >= 4 is 21.8 Å². The summed E-state index contributed by atoms with van der Waals surface area (Å²) in [5.74, 6) is -0.225. The molecule has 1 saturated carbocycles. The average Bonchev–Trinajstić information content (AvgIpc) is 2.71. The van der Waals surface area contributed by atoms with E-state index in [0.717, 1.165) is 19.3 Å². The molecule has 1 amide bonds. The first kappa shape index (κ1) is 14.6. The van der Waals surface area contributed by atoms with Crippen LogP contribution in [0.2, 0.25) is 0 Å². The third-order valence-electron chi connectivity index (χ3n) is 3.74. The minimum absolute atomic E-state index is 0.133. The van der Waals surface area contributed by atoms with Gasteiger partial charge in [-0.25, -0.2) is 0 Å². The molecule has 5 heteroatoms. The quantitative estimate of drug-likeness (QED) is 0.895. The van der Waals surface area contributed by atoms with E-state index < -0.39 is 5.60 Å². The molecular formula is C14H20BrNO3. The number of furan rings is 1.